The number of amides is 1. The Kier molecular flexibility index (Phi) is 5.13. The molecule has 0 aliphatic rings. The van der Waals surface area contributed by atoms with Gasteiger partial charge in [0.05, 0.1) is 10.6 Å². The van der Waals surface area contributed by atoms with Gasteiger partial charge in [0.2, 0.25) is 0 Å². The number of hydrogen-bond donors (Lipinski definition) is 1. The second-order valence-electron chi connectivity index (χ2n) is 4.05. The van der Waals surface area contributed by atoms with Crippen molar-refractivity contribution in [2.24, 2.45) is 0 Å². The van der Waals surface area contributed by atoms with Crippen molar-refractivity contribution in [1.29, 1.82) is 0 Å². The lowest BCUT2D eigenvalue weighted by Crippen LogP contribution is -2.20. The summed E-state index contributed by atoms with van der Waals surface area (Å²) in [6.45, 7) is -0.423. The molecule has 0 bridgehead atoms. The predicted octanol–water partition coefficient (Wildman–Crippen LogP) is 3.31. The minimum atomic E-state index is -0.642. The van der Waals surface area contributed by atoms with E-state index in [2.05, 4.69) is 10.3 Å². The first-order valence-corrected chi connectivity index (χ1v) is 6.70. The topological polar surface area (TPSA) is 94.4 Å². The zero-order valence-corrected chi connectivity index (χ0v) is 12.5. The number of nitrogens with one attached hydrogen (secondary N) is 1. The molecule has 0 atom stereocenters. The van der Waals surface area contributed by atoms with Crippen molar-refractivity contribution in [1.82, 2.24) is 4.98 Å². The molecule has 22 heavy (non-hydrogen) atoms. The van der Waals surface area contributed by atoms with Crippen LogP contribution >= 0.6 is 23.2 Å². The summed E-state index contributed by atoms with van der Waals surface area (Å²) in [5.74, 6) is -0.582. The number of carbonyl (C=O) groups excluding carboxylic acids is 1. The number of nitro benzene ring substituents is 1. The molecule has 1 aromatic heterocycles. The van der Waals surface area contributed by atoms with E-state index in [1.165, 1.54) is 18.3 Å². The molecule has 0 saturated carbocycles. The first-order chi connectivity index (χ1) is 10.5. The molecule has 2 rings (SSSR count). The third-order valence-corrected chi connectivity index (χ3v) is 3.05. The number of rotatable bonds is 5. The number of nitro groups is 1. The average molecular weight is 342 g/mol. The van der Waals surface area contributed by atoms with E-state index < -0.39 is 17.4 Å². The van der Waals surface area contributed by atoms with Gasteiger partial charge in [-0.15, -0.1) is 0 Å². The molecular formula is C13H9Cl2N3O4. The molecule has 1 N–H and O–H groups in total. The summed E-state index contributed by atoms with van der Waals surface area (Å²) in [7, 11) is 0. The van der Waals surface area contributed by atoms with Gasteiger partial charge in [0.15, 0.2) is 17.5 Å². The molecule has 0 fully saturated rings. The van der Waals surface area contributed by atoms with Crippen LogP contribution in [0.1, 0.15) is 0 Å². The van der Waals surface area contributed by atoms with Crippen LogP contribution in [0.3, 0.4) is 0 Å². The molecule has 7 nitrogen and oxygen atoms in total. The Labute approximate surface area is 135 Å². The number of benzene rings is 1. The number of anilines is 1. The molecule has 1 aromatic carbocycles. The van der Waals surface area contributed by atoms with Crippen LogP contribution in [0.15, 0.2) is 36.5 Å². The molecular weight excluding hydrogens is 333 g/mol. The van der Waals surface area contributed by atoms with Crippen LogP contribution in [0.25, 0.3) is 0 Å². The minimum Gasteiger partial charge on any atom is -0.477 e. The second kappa shape index (κ2) is 7.06. The van der Waals surface area contributed by atoms with Gasteiger partial charge in [-0.1, -0.05) is 23.2 Å². The number of carbonyl (C=O) groups is 1. The fourth-order valence-corrected chi connectivity index (χ4v) is 1.90. The summed E-state index contributed by atoms with van der Waals surface area (Å²) in [6.07, 6.45) is 1.48. The Morgan fingerprint density at radius 3 is 2.82 bits per heavy atom. The third-order valence-electron chi connectivity index (χ3n) is 2.51. The monoisotopic (exact) mass is 341 g/mol. The van der Waals surface area contributed by atoms with Gasteiger partial charge in [0.25, 0.3) is 5.91 Å². The zero-order chi connectivity index (χ0) is 16.1. The highest BCUT2D eigenvalue weighted by Gasteiger charge is 2.17. The van der Waals surface area contributed by atoms with Crippen LogP contribution in [0.4, 0.5) is 11.4 Å². The normalized spacial score (nSPS) is 10.1. The number of pyridine rings is 1. The summed E-state index contributed by atoms with van der Waals surface area (Å²) in [4.78, 5) is 25.8. The van der Waals surface area contributed by atoms with Crippen molar-refractivity contribution in [3.63, 3.8) is 0 Å². The Balaban J connectivity index is 2.03. The van der Waals surface area contributed by atoms with Crippen molar-refractivity contribution >= 4 is 40.5 Å². The average Bonchev–Trinajstić information content (AvgIpc) is 2.48. The number of halogens is 2. The molecule has 1 heterocycles. The Morgan fingerprint density at radius 1 is 1.36 bits per heavy atom. The van der Waals surface area contributed by atoms with Crippen LogP contribution in [0.2, 0.25) is 10.2 Å². The maximum atomic E-state index is 11.8. The molecule has 0 unspecified atom stereocenters. The Bertz CT molecular complexity index is 724. The van der Waals surface area contributed by atoms with Crippen LogP contribution in [0, 0.1) is 10.1 Å². The lowest BCUT2D eigenvalue weighted by molar-refractivity contribution is -0.385. The summed E-state index contributed by atoms with van der Waals surface area (Å²) in [5.41, 5.74) is 0.00285. The van der Waals surface area contributed by atoms with Gasteiger partial charge in [-0.2, -0.15) is 0 Å². The molecule has 0 radical (unpaired) electrons. The van der Waals surface area contributed by atoms with E-state index in [0.29, 0.717) is 5.69 Å². The van der Waals surface area contributed by atoms with E-state index in [1.807, 2.05) is 0 Å². The summed E-state index contributed by atoms with van der Waals surface area (Å²) in [5, 5.41) is 13.7. The van der Waals surface area contributed by atoms with Crippen molar-refractivity contribution in [3.05, 3.63) is 56.8 Å². The van der Waals surface area contributed by atoms with Crippen molar-refractivity contribution in [2.75, 3.05) is 11.9 Å². The molecule has 0 spiro atoms. The first-order valence-electron chi connectivity index (χ1n) is 5.94. The maximum absolute atomic E-state index is 11.8. The largest absolute Gasteiger partial charge is 0.477 e. The van der Waals surface area contributed by atoms with Crippen LogP contribution in [0.5, 0.6) is 5.75 Å². The van der Waals surface area contributed by atoms with Gasteiger partial charge in [-0.25, -0.2) is 4.98 Å². The van der Waals surface area contributed by atoms with Gasteiger partial charge >= 0.3 is 5.69 Å². The number of hydrogen-bond acceptors (Lipinski definition) is 5. The highest BCUT2D eigenvalue weighted by atomic mass is 35.5. The molecule has 0 aliphatic heterocycles. The Hall–Kier alpha value is -2.38. The SMILES string of the molecule is O=C(COc1ccc(Cl)cc1[N+](=O)[O-])Nc1cccnc1Cl. The Morgan fingerprint density at radius 2 is 2.14 bits per heavy atom. The van der Waals surface area contributed by atoms with Gasteiger partial charge in [0.1, 0.15) is 0 Å². The number of ether oxygens (including phenoxy) is 1. The minimum absolute atomic E-state index is 0.0539. The van der Waals surface area contributed by atoms with E-state index in [9.17, 15) is 14.9 Å². The number of aromatic nitrogens is 1. The van der Waals surface area contributed by atoms with E-state index >= 15 is 0 Å². The smallest absolute Gasteiger partial charge is 0.312 e. The van der Waals surface area contributed by atoms with E-state index in [1.54, 1.807) is 12.1 Å². The second-order valence-corrected chi connectivity index (χ2v) is 4.84. The fraction of sp³-hybridized carbons (Fsp3) is 0.0769. The highest BCUT2D eigenvalue weighted by molar-refractivity contribution is 6.32. The molecule has 2 aromatic rings. The molecule has 1 amide bonds. The predicted molar refractivity (Wildman–Crippen MR) is 81.5 cm³/mol. The maximum Gasteiger partial charge on any atom is 0.312 e. The van der Waals surface area contributed by atoms with Crippen LogP contribution < -0.4 is 10.1 Å². The highest BCUT2D eigenvalue weighted by Crippen LogP contribution is 2.29. The summed E-state index contributed by atoms with van der Waals surface area (Å²) >= 11 is 11.5. The van der Waals surface area contributed by atoms with E-state index in [4.69, 9.17) is 27.9 Å². The molecule has 114 valence electrons. The lowest BCUT2D eigenvalue weighted by atomic mass is 10.3. The van der Waals surface area contributed by atoms with E-state index in [0.717, 1.165) is 6.07 Å². The summed E-state index contributed by atoms with van der Waals surface area (Å²) < 4.78 is 5.15. The van der Waals surface area contributed by atoms with Gasteiger partial charge in [0, 0.05) is 17.3 Å². The first kappa shape index (κ1) is 16.0. The number of nitrogens with zero attached hydrogens (tertiary/aromatic N) is 2. The summed E-state index contributed by atoms with van der Waals surface area (Å²) in [6, 6.07) is 7.07. The molecule has 9 heteroatoms. The van der Waals surface area contributed by atoms with E-state index in [-0.39, 0.29) is 21.6 Å². The van der Waals surface area contributed by atoms with Crippen molar-refractivity contribution in [2.45, 2.75) is 0 Å². The van der Waals surface area contributed by atoms with Crippen LogP contribution in [-0.2, 0) is 4.79 Å². The molecule has 0 aliphatic carbocycles. The van der Waals surface area contributed by atoms with Crippen molar-refractivity contribution < 1.29 is 14.5 Å². The lowest BCUT2D eigenvalue weighted by Gasteiger charge is -2.08. The van der Waals surface area contributed by atoms with Gasteiger partial charge < -0.3 is 10.1 Å². The molecule has 0 saturated heterocycles. The quantitative estimate of drug-likeness (QED) is 0.511. The fourth-order valence-electron chi connectivity index (χ4n) is 1.56. The van der Waals surface area contributed by atoms with Crippen LogP contribution in [-0.4, -0.2) is 22.4 Å². The van der Waals surface area contributed by atoms with Gasteiger partial charge in [-0.05, 0) is 24.3 Å². The standard InChI is InChI=1S/C13H9Cl2N3O4/c14-8-3-4-11(10(6-8)18(20)21)22-7-12(19)17-9-2-1-5-16-13(9)15/h1-6H,7H2,(H,17,19). The van der Waals surface area contributed by atoms with Gasteiger partial charge in [-0.3, -0.25) is 14.9 Å². The van der Waals surface area contributed by atoms with Crippen molar-refractivity contribution in [3.8, 4) is 5.75 Å². The zero-order valence-electron chi connectivity index (χ0n) is 11.0. The third kappa shape index (κ3) is 4.06.